The molecule has 0 fully saturated rings. The first-order valence-electron chi connectivity index (χ1n) is 44.0. The minimum absolute atomic E-state index is 0. The number of hydrogen-bond donors (Lipinski definition) is 4. The molecular formula is C83H166N4Na2O15P2. The smallest absolute Gasteiger partial charge is 0.756 e. The molecule has 4 N–H and O–H groups in total. The largest absolute Gasteiger partial charge is 1.00 e. The number of carbonyl (C=O) groups excluding carboxylic acids is 3. The predicted molar refractivity (Wildman–Crippen MR) is 427 cm³/mol. The van der Waals surface area contributed by atoms with Crippen LogP contribution in [0.15, 0.2) is 0 Å². The van der Waals surface area contributed by atoms with Crippen LogP contribution in [-0.2, 0) is 55.8 Å². The maximum atomic E-state index is 13.1. The van der Waals surface area contributed by atoms with Crippen molar-refractivity contribution in [2.24, 2.45) is 0 Å². The van der Waals surface area contributed by atoms with E-state index >= 15 is 0 Å². The molecule has 19 nitrogen and oxygen atoms in total. The number of unbranched alkanes of at least 4 members (excludes halogenated alkanes) is 46. The molecule has 0 heterocycles. The van der Waals surface area contributed by atoms with Crippen molar-refractivity contribution in [3.8, 4) is 0 Å². The molecule has 0 spiro atoms. The number of hydrogen-bond acceptors (Lipinski definition) is 17. The Kier molecular flexibility index (Phi) is 89.7. The Morgan fingerprint density at radius 1 is 0.292 bits per heavy atom. The van der Waals surface area contributed by atoms with E-state index in [1.54, 1.807) is 0 Å². The van der Waals surface area contributed by atoms with Gasteiger partial charge in [-0.3, -0.25) is 18.7 Å². The molecule has 23 heteroatoms. The van der Waals surface area contributed by atoms with Crippen molar-refractivity contribution < 1.29 is 129 Å². The third-order valence-corrected chi connectivity index (χ3v) is 21.6. The maximum absolute atomic E-state index is 13.1. The van der Waals surface area contributed by atoms with Gasteiger partial charge in [-0.1, -0.05) is 337 Å². The van der Waals surface area contributed by atoms with Gasteiger partial charge in [0.1, 0.15) is 12.2 Å². The Bertz CT molecular complexity index is 1820. The molecule has 0 radical (unpaired) electrons. The van der Waals surface area contributed by atoms with Crippen molar-refractivity contribution in [3.05, 3.63) is 0 Å². The molecule has 0 aromatic carbocycles. The van der Waals surface area contributed by atoms with E-state index in [0.717, 1.165) is 141 Å². The first-order valence-corrected chi connectivity index (χ1v) is 46.9. The van der Waals surface area contributed by atoms with Crippen LogP contribution in [0.25, 0.3) is 0 Å². The number of rotatable bonds is 86. The number of carbonyl (C=O) groups is 3. The Hall–Kier alpha value is 0.270. The summed E-state index contributed by atoms with van der Waals surface area (Å²) in [6, 6.07) is -1.60. The van der Waals surface area contributed by atoms with Crippen molar-refractivity contribution in [1.29, 1.82) is 0 Å². The molecule has 0 saturated carbocycles. The normalized spacial score (nSPS) is 13.8. The van der Waals surface area contributed by atoms with Crippen LogP contribution in [0.4, 0.5) is 4.79 Å². The Morgan fingerprint density at radius 3 is 0.811 bits per heavy atom. The number of urea groups is 1. The maximum Gasteiger partial charge on any atom is 1.00 e. The van der Waals surface area contributed by atoms with Gasteiger partial charge in [0.25, 0.3) is 15.6 Å². The molecule has 620 valence electrons. The van der Waals surface area contributed by atoms with Gasteiger partial charge < -0.3 is 68.1 Å². The second kappa shape index (κ2) is 86.1. The van der Waals surface area contributed by atoms with Crippen molar-refractivity contribution >= 4 is 33.6 Å². The summed E-state index contributed by atoms with van der Waals surface area (Å²) in [5.74, 6) is -0.298. The summed E-state index contributed by atoms with van der Waals surface area (Å²) in [7, 11) is -9.61. The number of esters is 2. The summed E-state index contributed by atoms with van der Waals surface area (Å²) in [5.41, 5.74) is 0. The fraction of sp³-hybridized carbons (Fsp3) is 0.964. The van der Waals surface area contributed by atoms with E-state index in [2.05, 4.69) is 62.8 Å². The molecular weight excluding hydrogens is 1400 g/mol. The molecule has 0 aliphatic carbocycles. The monoisotopic (exact) mass is 1570 g/mol. The van der Waals surface area contributed by atoms with Gasteiger partial charge >= 0.3 is 77.1 Å². The van der Waals surface area contributed by atoms with Gasteiger partial charge in [0.05, 0.1) is 64.9 Å². The summed E-state index contributed by atoms with van der Waals surface area (Å²) in [5, 5.41) is 11.9. The fourth-order valence-corrected chi connectivity index (χ4v) is 14.5. The van der Waals surface area contributed by atoms with Gasteiger partial charge in [0.2, 0.25) is 0 Å². The molecule has 0 saturated heterocycles. The average molecular weight is 1570 g/mol. The summed E-state index contributed by atoms with van der Waals surface area (Å²) in [6.45, 7) is 14.1. The van der Waals surface area contributed by atoms with Gasteiger partial charge in [-0.15, -0.1) is 0 Å². The minimum Gasteiger partial charge on any atom is -0.756 e. The summed E-state index contributed by atoms with van der Waals surface area (Å²) >= 11 is 0. The van der Waals surface area contributed by atoms with Crippen LogP contribution in [0, 0.1) is 0 Å². The number of ether oxygens (including phenoxy) is 4. The third-order valence-electron chi connectivity index (χ3n) is 19.7. The standard InChI is InChI=1S/C83H168N4O15P2.2Na/c1-7-13-19-25-29-33-35-37-41-45-51-57-65-84-77(73-95-69-63-79(59-53-47-23-17-11-5)101-81(88)61-55-49-43-39-31-27-21-15-9-3)75-99-103(91,92)97-71-67-86-83(90)87-68-72-98-104(93,94)100-76-78(85-66-58-52-46-42-38-36-34-30-26-20-14-8-2)74-96-70-64-80(60-54-48-24-18-12-6)102-82(89)62-56-50-44-40-32-28-22-16-10-4;;/h77-80,84-85H,7-76H2,1-6H3,(H,91,92)(H,93,94)(H2,86,87,90);;/q;2*+1/p-2/t77-,78-,79+,80+;;/m0../s1. The molecule has 0 aromatic rings. The van der Waals surface area contributed by atoms with Crippen molar-refractivity contribution in [1.82, 2.24) is 21.3 Å². The summed E-state index contributed by atoms with van der Waals surface area (Å²) in [6.07, 6.45) is 64.9. The average Bonchev–Trinajstić information content (AvgIpc) is 0.928. The minimum atomic E-state index is -4.81. The number of amides is 2. The van der Waals surface area contributed by atoms with E-state index in [9.17, 15) is 33.3 Å². The van der Waals surface area contributed by atoms with E-state index in [1.165, 1.54) is 205 Å². The van der Waals surface area contributed by atoms with Crippen molar-refractivity contribution in [3.63, 3.8) is 0 Å². The second-order valence-electron chi connectivity index (χ2n) is 29.9. The third kappa shape index (κ3) is 82.3. The number of nitrogens with one attached hydrogen (secondary N) is 4. The van der Waals surface area contributed by atoms with E-state index in [1.807, 2.05) is 0 Å². The summed E-state index contributed by atoms with van der Waals surface area (Å²) in [4.78, 5) is 64.9. The molecule has 6 atom stereocenters. The molecule has 0 aromatic heterocycles. The topological polar surface area (TPSA) is 253 Å². The Balaban J connectivity index is -0.0000530. The molecule has 2 amide bonds. The van der Waals surface area contributed by atoms with Crippen LogP contribution in [-0.4, -0.2) is 121 Å². The first-order chi connectivity index (χ1) is 50.7. The van der Waals surface area contributed by atoms with Crippen LogP contribution >= 0.6 is 15.6 Å². The van der Waals surface area contributed by atoms with Gasteiger partial charge in [0, 0.05) is 38.8 Å². The zero-order valence-corrected chi connectivity index (χ0v) is 76.1. The van der Waals surface area contributed by atoms with Gasteiger partial charge in [0.15, 0.2) is 0 Å². The van der Waals surface area contributed by atoms with Crippen LogP contribution in [0.2, 0.25) is 0 Å². The Labute approximate surface area is 696 Å². The van der Waals surface area contributed by atoms with Crippen molar-refractivity contribution in [2.75, 3.05) is 79.0 Å². The first kappa shape index (κ1) is 110. The van der Waals surface area contributed by atoms with E-state index < -0.39 is 47.0 Å². The van der Waals surface area contributed by atoms with E-state index in [-0.39, 0.29) is 123 Å². The van der Waals surface area contributed by atoms with Crippen molar-refractivity contribution in [2.45, 2.75) is 438 Å². The quantitative estimate of drug-likeness (QED) is 0.0191. The number of phosphoric acid groups is 2. The van der Waals surface area contributed by atoms with E-state index in [0.29, 0.717) is 52.0 Å². The zero-order valence-electron chi connectivity index (χ0n) is 70.3. The Morgan fingerprint density at radius 2 is 0.538 bits per heavy atom. The van der Waals surface area contributed by atoms with Crippen LogP contribution in [0.3, 0.4) is 0 Å². The number of phosphoric ester groups is 2. The van der Waals surface area contributed by atoms with E-state index in [4.69, 9.17) is 37.0 Å². The van der Waals surface area contributed by atoms with Gasteiger partial charge in [-0.2, -0.15) is 0 Å². The van der Waals surface area contributed by atoms with Crippen LogP contribution in [0.5, 0.6) is 0 Å². The molecule has 0 aliphatic heterocycles. The van der Waals surface area contributed by atoms with Gasteiger partial charge in [-0.05, 0) is 64.5 Å². The second-order valence-corrected chi connectivity index (χ2v) is 32.8. The fourth-order valence-electron chi connectivity index (χ4n) is 13.0. The predicted octanol–water partition coefficient (Wildman–Crippen LogP) is 15.8. The molecule has 0 bridgehead atoms. The molecule has 0 aliphatic rings. The van der Waals surface area contributed by atoms with Gasteiger partial charge in [-0.25, -0.2) is 4.79 Å². The SMILES string of the molecule is CCCCCCCCCCCCCCN[C@@H](COCC[C@@H](CCCCCCC)OC(=O)CCCCCCCCCCC)COP(=O)([O-])OCCNC(=O)NCCOP(=O)([O-])OC[C@H](COCC[C@@H](CCCCCCC)OC(=O)CCCCCCCCCCC)NCCCCCCCCCCCCCC.[Na+].[Na+]. The molecule has 0 rings (SSSR count). The zero-order chi connectivity index (χ0) is 76.0. The van der Waals surface area contributed by atoms with Crippen LogP contribution in [0.1, 0.15) is 414 Å². The molecule has 2 unspecified atom stereocenters. The summed E-state index contributed by atoms with van der Waals surface area (Å²) < 4.78 is 71.6. The molecule has 106 heavy (non-hydrogen) atoms. The van der Waals surface area contributed by atoms with Crippen LogP contribution < -0.4 is 90.2 Å².